The van der Waals surface area contributed by atoms with Gasteiger partial charge in [0, 0.05) is 81.4 Å². The molecule has 16 nitrogen and oxygen atoms in total. The molecule has 4 amide bonds. The number of aromatic nitrogens is 4. The van der Waals surface area contributed by atoms with Gasteiger partial charge < -0.3 is 24.2 Å². The van der Waals surface area contributed by atoms with Crippen molar-refractivity contribution < 1.29 is 42.2 Å². The summed E-state index contributed by atoms with van der Waals surface area (Å²) in [6, 6.07) is 28.7. The Morgan fingerprint density at radius 1 is 0.823 bits per heavy atom. The predicted octanol–water partition coefficient (Wildman–Crippen LogP) is 10.2. The van der Waals surface area contributed by atoms with Crippen LogP contribution >= 0.6 is 11.3 Å². The van der Waals surface area contributed by atoms with E-state index < -0.39 is 35.7 Å². The number of benzene rings is 4. The second-order valence-electron chi connectivity index (χ2n) is 22.2. The first-order valence-corrected chi connectivity index (χ1v) is 27.9. The van der Waals surface area contributed by atoms with Crippen molar-refractivity contribution in [2.45, 2.75) is 109 Å². The fraction of sp³-hybridized carbons (Fsp3) is 0.400. The molecule has 4 aromatic carbocycles. The van der Waals surface area contributed by atoms with E-state index >= 15 is 8.78 Å². The number of amides is 4. The Balaban J connectivity index is 0.717. The highest BCUT2D eigenvalue weighted by atomic mass is 32.1. The number of pyridine rings is 1. The number of hydrogen-bond acceptors (Lipinski definition) is 13. The first kappa shape index (κ1) is 53.2. The Morgan fingerprint density at radius 3 is 2.35 bits per heavy atom. The van der Waals surface area contributed by atoms with Gasteiger partial charge in [-0.25, -0.2) is 14.8 Å². The topological polar surface area (TPSA) is 181 Å². The molecule has 0 radical (unpaired) electrons. The van der Waals surface area contributed by atoms with Gasteiger partial charge in [-0.2, -0.15) is 13.9 Å². The monoisotopic (exact) mass is 1090 g/mol. The minimum Gasteiger partial charge on any atom is -0.490 e. The molecule has 1 unspecified atom stereocenters. The molecule has 19 heteroatoms. The predicted molar refractivity (Wildman–Crippen MR) is 299 cm³/mol. The molecule has 1 aliphatic carbocycles. The third-order valence-electron chi connectivity index (χ3n) is 15.7. The standard InChI is InChI=1S/C60H63F2N9O7S/c1-35-40(41-22-24-50(64-53(41)56(75)78-59(2,3)4)71-27-26-37-10-8-12-42(45(37)34-71)54(73)66-58-63-46-13-6-7-15-49(46)79-58)11-9-14-48(35)77-39-19-16-36(17-20-39)33-60(61,62)57(76)70-30-28-69(29-31-70)38-18-21-43-47(32-38)68(5)67-52(43)44-23-25-51(72)65-55(44)74/h6-15,18,21-22,24,32,36,39,44H,16-17,19-20,23,25-31,33-34H2,1-5H3,(H,63,66,73)(H,65,72,74). The summed E-state index contributed by atoms with van der Waals surface area (Å²) in [6.45, 7) is 9.42. The number of thiazole rings is 1. The molecule has 7 aromatic rings. The number of rotatable bonds is 12. The molecular weight excluding hydrogens is 1030 g/mol. The number of para-hydroxylation sites is 1. The highest BCUT2D eigenvalue weighted by molar-refractivity contribution is 7.22. The van der Waals surface area contributed by atoms with E-state index in [4.69, 9.17) is 14.5 Å². The second-order valence-corrected chi connectivity index (χ2v) is 23.2. The Labute approximate surface area is 460 Å². The number of halogens is 2. The molecule has 4 aliphatic rings. The molecule has 1 saturated carbocycles. The number of alkyl halides is 2. The van der Waals surface area contributed by atoms with Gasteiger partial charge >= 0.3 is 11.9 Å². The first-order chi connectivity index (χ1) is 37.9. The molecule has 79 heavy (non-hydrogen) atoms. The number of piperazine rings is 1. The van der Waals surface area contributed by atoms with Gasteiger partial charge in [-0.15, -0.1) is 0 Å². The molecule has 6 heterocycles. The number of carbonyl (C=O) groups is 5. The van der Waals surface area contributed by atoms with E-state index in [1.165, 1.54) is 16.2 Å². The van der Waals surface area contributed by atoms with Gasteiger partial charge in [0.1, 0.15) is 17.2 Å². The summed E-state index contributed by atoms with van der Waals surface area (Å²) in [5.74, 6) is -5.83. The lowest BCUT2D eigenvalue weighted by Gasteiger charge is -2.38. The summed E-state index contributed by atoms with van der Waals surface area (Å²) in [7, 11) is 1.80. The van der Waals surface area contributed by atoms with Crippen LogP contribution in [0.3, 0.4) is 0 Å². The molecule has 3 fully saturated rings. The fourth-order valence-electron chi connectivity index (χ4n) is 11.6. The third-order valence-corrected chi connectivity index (χ3v) is 16.7. The lowest BCUT2D eigenvalue weighted by Crippen LogP contribution is -2.53. The highest BCUT2D eigenvalue weighted by Gasteiger charge is 2.45. The summed E-state index contributed by atoms with van der Waals surface area (Å²) < 4.78 is 47.0. The van der Waals surface area contributed by atoms with Crippen LogP contribution in [-0.2, 0) is 39.1 Å². The van der Waals surface area contributed by atoms with Gasteiger partial charge in [0.05, 0.1) is 33.4 Å². The SMILES string of the molecule is Cc1c(OC2CCC(CC(F)(F)C(=O)N3CCN(c4ccc5c(C6CCC(=O)NC6=O)nn(C)c5c4)CC3)CC2)cccc1-c1ccc(N2CCc3cccc(C(=O)Nc4nc5ccccc5s4)c3C2)nc1C(=O)OC(C)(C)C. The van der Waals surface area contributed by atoms with Gasteiger partial charge in [-0.3, -0.25) is 34.5 Å². The molecule has 2 N–H and O–H groups in total. The maximum absolute atomic E-state index is 15.9. The Bertz CT molecular complexity index is 3510. The van der Waals surface area contributed by atoms with E-state index in [0.717, 1.165) is 49.1 Å². The molecule has 11 rings (SSSR count). The fourth-order valence-corrected chi connectivity index (χ4v) is 12.5. The summed E-state index contributed by atoms with van der Waals surface area (Å²) in [4.78, 5) is 80.8. The number of hydrogen-bond donors (Lipinski definition) is 2. The number of esters is 1. The first-order valence-electron chi connectivity index (χ1n) is 27.1. The largest absolute Gasteiger partial charge is 0.490 e. The zero-order chi connectivity index (χ0) is 55.3. The van der Waals surface area contributed by atoms with Gasteiger partial charge in [-0.1, -0.05) is 47.7 Å². The minimum atomic E-state index is -3.52. The van der Waals surface area contributed by atoms with Gasteiger partial charge in [0.15, 0.2) is 10.8 Å². The van der Waals surface area contributed by atoms with E-state index in [2.05, 4.69) is 30.5 Å². The number of aryl methyl sites for hydroxylation is 1. The molecule has 1 atom stereocenters. The van der Waals surface area contributed by atoms with Crippen molar-refractivity contribution >= 4 is 78.7 Å². The van der Waals surface area contributed by atoms with Crippen molar-refractivity contribution in [1.29, 1.82) is 0 Å². The highest BCUT2D eigenvalue weighted by Crippen LogP contribution is 2.40. The number of imide groups is 1. The van der Waals surface area contributed by atoms with Crippen LogP contribution in [0.15, 0.2) is 91.0 Å². The minimum absolute atomic E-state index is 0.143. The quantitative estimate of drug-likeness (QED) is 0.0874. The van der Waals surface area contributed by atoms with Crippen LogP contribution in [0.4, 0.5) is 25.4 Å². The van der Waals surface area contributed by atoms with Crippen LogP contribution < -0.4 is 25.2 Å². The maximum atomic E-state index is 15.9. The van der Waals surface area contributed by atoms with E-state index in [-0.39, 0.29) is 54.9 Å². The van der Waals surface area contributed by atoms with Crippen LogP contribution in [-0.4, -0.2) is 105 Å². The number of fused-ring (bicyclic) bond motifs is 3. The molecule has 410 valence electrons. The van der Waals surface area contributed by atoms with Crippen molar-refractivity contribution in [3.8, 4) is 16.9 Å². The van der Waals surface area contributed by atoms with Crippen molar-refractivity contribution in [3.05, 3.63) is 125 Å². The van der Waals surface area contributed by atoms with Crippen LogP contribution in [0.1, 0.15) is 115 Å². The lowest BCUT2D eigenvalue weighted by molar-refractivity contribution is -0.160. The summed E-state index contributed by atoms with van der Waals surface area (Å²) in [6.07, 6.45) is 2.57. The molecule has 3 aliphatic heterocycles. The van der Waals surface area contributed by atoms with Crippen molar-refractivity contribution in [3.63, 3.8) is 0 Å². The van der Waals surface area contributed by atoms with Gasteiger partial charge in [-0.05, 0) is 149 Å². The second kappa shape index (κ2) is 21.4. The Morgan fingerprint density at radius 2 is 1.59 bits per heavy atom. The lowest BCUT2D eigenvalue weighted by atomic mass is 9.83. The van der Waals surface area contributed by atoms with Crippen molar-refractivity contribution in [2.75, 3.05) is 47.8 Å². The van der Waals surface area contributed by atoms with Crippen LogP contribution in [0.2, 0.25) is 0 Å². The number of ether oxygens (including phenoxy) is 2. The molecule has 2 saturated heterocycles. The average Bonchev–Trinajstić information content (AvgIpc) is 4.04. The zero-order valence-electron chi connectivity index (χ0n) is 44.9. The summed E-state index contributed by atoms with van der Waals surface area (Å²) >= 11 is 1.42. The van der Waals surface area contributed by atoms with Crippen LogP contribution in [0.25, 0.3) is 32.2 Å². The number of nitrogens with one attached hydrogen (secondary N) is 2. The van der Waals surface area contributed by atoms with Gasteiger partial charge in [0.2, 0.25) is 11.8 Å². The number of piperidine rings is 1. The number of carbonyl (C=O) groups excluding carboxylic acids is 5. The zero-order valence-corrected chi connectivity index (χ0v) is 45.8. The normalized spacial score (nSPS) is 19.1. The molecule has 0 spiro atoms. The van der Waals surface area contributed by atoms with Crippen LogP contribution in [0.5, 0.6) is 5.75 Å². The smallest absolute Gasteiger partial charge is 0.358 e. The van der Waals surface area contributed by atoms with E-state index in [0.29, 0.717) is 98.2 Å². The Kier molecular flexibility index (Phi) is 14.4. The van der Waals surface area contributed by atoms with E-state index in [9.17, 15) is 24.0 Å². The summed E-state index contributed by atoms with van der Waals surface area (Å²) in [5, 5.41) is 11.4. The molecular formula is C60H63F2N9O7S. The van der Waals surface area contributed by atoms with Crippen LogP contribution in [0, 0.1) is 12.8 Å². The maximum Gasteiger partial charge on any atom is 0.358 e. The third kappa shape index (κ3) is 11.1. The number of anilines is 3. The van der Waals surface area contributed by atoms with Gasteiger partial charge in [0.25, 0.3) is 11.8 Å². The summed E-state index contributed by atoms with van der Waals surface area (Å²) in [5.41, 5.74) is 7.03. The van der Waals surface area contributed by atoms with E-state index in [1.807, 2.05) is 119 Å². The van der Waals surface area contributed by atoms with Crippen molar-refractivity contribution in [2.24, 2.45) is 13.0 Å². The Hall–Kier alpha value is -7.80. The van der Waals surface area contributed by atoms with Crippen molar-refractivity contribution in [1.82, 2.24) is 30.0 Å². The molecule has 3 aromatic heterocycles. The number of nitrogens with zero attached hydrogens (tertiary/aromatic N) is 7. The molecule has 0 bridgehead atoms. The average molecular weight is 1090 g/mol. The van der Waals surface area contributed by atoms with E-state index in [1.54, 1.807) is 11.7 Å².